The van der Waals surface area contributed by atoms with Crippen molar-refractivity contribution in [2.75, 3.05) is 12.9 Å². The Morgan fingerprint density at radius 1 is 1.50 bits per heavy atom. The topological polar surface area (TPSA) is 83.3 Å². The summed E-state index contributed by atoms with van der Waals surface area (Å²) in [5, 5.41) is 20.9. The number of methoxy groups -OCH3 is 1. The van der Waals surface area contributed by atoms with E-state index in [2.05, 4.69) is 15.5 Å². The number of aryl methyl sites for hydroxylation is 1. The van der Waals surface area contributed by atoms with Crippen molar-refractivity contribution in [1.29, 1.82) is 0 Å². The summed E-state index contributed by atoms with van der Waals surface area (Å²) in [4.78, 5) is 11.0. The highest BCUT2D eigenvalue weighted by Gasteiger charge is 2.16. The largest absolute Gasteiger partial charge is 0.504 e. The maximum absolute atomic E-state index is 11.0. The third-order valence-corrected chi connectivity index (χ3v) is 3.79. The number of carbonyl (C=O) groups excluding carboxylic acids is 1. The smallest absolute Gasteiger partial charge is 0.236 e. The average Bonchev–Trinajstić information content (AvgIpc) is 2.82. The van der Waals surface area contributed by atoms with Crippen LogP contribution in [0.4, 0.5) is 0 Å². The molecule has 7 heteroatoms. The molecule has 1 heterocycles. The first-order chi connectivity index (χ1) is 9.52. The number of thioether (sulfide) groups is 1. The minimum atomic E-state index is -0.0837. The number of phenolic OH excluding ortho intramolecular Hbond substituents is 1. The van der Waals surface area contributed by atoms with Gasteiger partial charge >= 0.3 is 0 Å². The molecule has 2 rings (SSSR count). The van der Waals surface area contributed by atoms with Crippen molar-refractivity contribution in [1.82, 2.24) is 5.32 Å². The number of aromatic hydroxyl groups is 1. The summed E-state index contributed by atoms with van der Waals surface area (Å²) in [7, 11) is 1.51. The first-order valence-corrected chi connectivity index (χ1v) is 6.92. The SMILES string of the molecule is COc1c(C)c(C)cc(C=NN=C2NC(=O)CS2)c1O. The lowest BCUT2D eigenvalue weighted by molar-refractivity contribution is -0.116. The van der Waals surface area contributed by atoms with E-state index in [4.69, 9.17) is 4.74 Å². The van der Waals surface area contributed by atoms with Crippen molar-refractivity contribution in [2.45, 2.75) is 13.8 Å². The molecule has 1 fully saturated rings. The zero-order chi connectivity index (χ0) is 14.7. The number of hydrogen-bond donors (Lipinski definition) is 2. The van der Waals surface area contributed by atoms with Crippen molar-refractivity contribution < 1.29 is 14.6 Å². The van der Waals surface area contributed by atoms with Gasteiger partial charge in [-0.15, -0.1) is 5.10 Å². The third kappa shape index (κ3) is 2.93. The van der Waals surface area contributed by atoms with E-state index < -0.39 is 0 Å². The van der Waals surface area contributed by atoms with Crippen LogP contribution < -0.4 is 10.1 Å². The first kappa shape index (κ1) is 14.4. The Hall–Kier alpha value is -2.02. The lowest BCUT2D eigenvalue weighted by atomic mass is 10.0. The molecule has 1 aromatic rings. The Morgan fingerprint density at radius 2 is 2.25 bits per heavy atom. The summed E-state index contributed by atoms with van der Waals surface area (Å²) in [6.07, 6.45) is 1.43. The number of rotatable bonds is 3. The lowest BCUT2D eigenvalue weighted by Gasteiger charge is -2.11. The monoisotopic (exact) mass is 293 g/mol. The van der Waals surface area contributed by atoms with Gasteiger partial charge in [-0.1, -0.05) is 11.8 Å². The van der Waals surface area contributed by atoms with Gasteiger partial charge in [-0.05, 0) is 31.0 Å². The average molecular weight is 293 g/mol. The van der Waals surface area contributed by atoms with Crippen molar-refractivity contribution >= 4 is 29.1 Å². The number of nitrogens with one attached hydrogen (secondary N) is 1. The molecule has 2 N–H and O–H groups in total. The van der Waals surface area contributed by atoms with E-state index in [0.29, 0.717) is 22.2 Å². The maximum atomic E-state index is 11.0. The van der Waals surface area contributed by atoms with E-state index >= 15 is 0 Å². The van der Waals surface area contributed by atoms with E-state index in [1.165, 1.54) is 25.1 Å². The predicted octanol–water partition coefficient (Wildman–Crippen LogP) is 1.57. The minimum Gasteiger partial charge on any atom is -0.504 e. The van der Waals surface area contributed by atoms with Crippen molar-refractivity contribution in [2.24, 2.45) is 10.2 Å². The molecule has 0 bridgehead atoms. The van der Waals surface area contributed by atoms with Crippen molar-refractivity contribution in [3.05, 3.63) is 22.8 Å². The molecule has 1 aliphatic heterocycles. The van der Waals surface area contributed by atoms with Crippen LogP contribution in [0, 0.1) is 13.8 Å². The van der Waals surface area contributed by atoms with Crippen molar-refractivity contribution in [3.63, 3.8) is 0 Å². The molecule has 1 amide bonds. The van der Waals surface area contributed by atoms with E-state index in [0.717, 1.165) is 11.1 Å². The molecule has 1 saturated heterocycles. The van der Waals surface area contributed by atoms with Crippen LogP contribution in [0.15, 0.2) is 16.3 Å². The number of amides is 1. The number of phenols is 1. The van der Waals surface area contributed by atoms with Crippen LogP contribution >= 0.6 is 11.8 Å². The van der Waals surface area contributed by atoms with Gasteiger partial charge in [-0.2, -0.15) is 5.10 Å². The molecule has 0 atom stereocenters. The molecule has 20 heavy (non-hydrogen) atoms. The number of carbonyl (C=O) groups is 1. The number of amidine groups is 1. The molecule has 1 aromatic carbocycles. The van der Waals surface area contributed by atoms with Gasteiger partial charge in [-0.3, -0.25) is 4.79 Å². The molecular formula is C13H15N3O3S. The van der Waals surface area contributed by atoms with Gasteiger partial charge in [-0.25, -0.2) is 0 Å². The Kier molecular flexibility index (Phi) is 4.29. The fourth-order valence-corrected chi connectivity index (χ4v) is 2.40. The Balaban J connectivity index is 2.25. The lowest BCUT2D eigenvalue weighted by Crippen LogP contribution is -2.19. The third-order valence-electron chi connectivity index (χ3n) is 2.93. The normalized spacial score (nSPS) is 16.9. The summed E-state index contributed by atoms with van der Waals surface area (Å²) in [5.41, 5.74) is 2.38. The molecule has 1 aliphatic rings. The van der Waals surface area contributed by atoms with Gasteiger partial charge in [0.05, 0.1) is 19.1 Å². The number of hydrogen-bond acceptors (Lipinski definition) is 6. The van der Waals surface area contributed by atoms with Gasteiger partial charge in [0.15, 0.2) is 16.7 Å². The number of nitrogens with zero attached hydrogens (tertiary/aromatic N) is 2. The molecule has 0 aromatic heterocycles. The quantitative estimate of drug-likeness (QED) is 0.654. The highest BCUT2D eigenvalue weighted by molar-refractivity contribution is 8.15. The van der Waals surface area contributed by atoms with Gasteiger partial charge < -0.3 is 15.2 Å². The summed E-state index contributed by atoms with van der Waals surface area (Å²) in [6.45, 7) is 3.80. The highest BCUT2D eigenvalue weighted by Crippen LogP contribution is 2.34. The molecule has 106 valence electrons. The van der Waals surface area contributed by atoms with Crippen molar-refractivity contribution in [3.8, 4) is 11.5 Å². The van der Waals surface area contributed by atoms with Crippen LogP contribution in [0.3, 0.4) is 0 Å². The molecule has 6 nitrogen and oxygen atoms in total. The van der Waals surface area contributed by atoms with E-state index in [1.807, 2.05) is 13.8 Å². The number of ether oxygens (including phenoxy) is 1. The summed E-state index contributed by atoms with van der Waals surface area (Å²) in [6, 6.07) is 1.80. The van der Waals surface area contributed by atoms with Gasteiger partial charge in [0, 0.05) is 5.56 Å². The van der Waals surface area contributed by atoms with Gasteiger partial charge in [0.25, 0.3) is 0 Å². The van der Waals surface area contributed by atoms with Crippen LogP contribution in [0.1, 0.15) is 16.7 Å². The van der Waals surface area contributed by atoms with E-state index in [1.54, 1.807) is 6.07 Å². The summed E-state index contributed by atoms with van der Waals surface area (Å²) in [5.74, 6) is 0.738. The number of benzene rings is 1. The molecule has 0 saturated carbocycles. The van der Waals surface area contributed by atoms with Crippen LogP contribution in [0.2, 0.25) is 0 Å². The Labute approximate surface area is 120 Å². The summed E-state index contributed by atoms with van der Waals surface area (Å²) >= 11 is 1.29. The van der Waals surface area contributed by atoms with E-state index in [-0.39, 0.29) is 11.7 Å². The first-order valence-electron chi connectivity index (χ1n) is 5.93. The van der Waals surface area contributed by atoms with Gasteiger partial charge in [0.2, 0.25) is 5.91 Å². The fraction of sp³-hybridized carbons (Fsp3) is 0.308. The van der Waals surface area contributed by atoms with Crippen LogP contribution in [-0.2, 0) is 4.79 Å². The Morgan fingerprint density at radius 3 is 2.85 bits per heavy atom. The minimum absolute atomic E-state index is 0.0302. The van der Waals surface area contributed by atoms with Crippen LogP contribution in [0.5, 0.6) is 11.5 Å². The second-order valence-electron chi connectivity index (χ2n) is 4.28. The molecular weight excluding hydrogens is 278 g/mol. The second kappa shape index (κ2) is 5.96. The van der Waals surface area contributed by atoms with Crippen LogP contribution in [-0.4, -0.2) is 35.3 Å². The fourth-order valence-electron chi connectivity index (χ4n) is 1.77. The molecule has 0 unspecified atom stereocenters. The van der Waals surface area contributed by atoms with Crippen LogP contribution in [0.25, 0.3) is 0 Å². The molecule has 0 radical (unpaired) electrons. The molecule has 0 spiro atoms. The highest BCUT2D eigenvalue weighted by atomic mass is 32.2. The maximum Gasteiger partial charge on any atom is 0.236 e. The zero-order valence-electron chi connectivity index (χ0n) is 11.4. The van der Waals surface area contributed by atoms with E-state index in [9.17, 15) is 9.90 Å². The van der Waals surface area contributed by atoms with Gasteiger partial charge in [0.1, 0.15) is 0 Å². The zero-order valence-corrected chi connectivity index (χ0v) is 12.2. The molecule has 0 aliphatic carbocycles. The summed E-state index contributed by atoms with van der Waals surface area (Å²) < 4.78 is 5.18. The standard InChI is InChI=1S/C13H15N3O3S/c1-7-4-9(11(18)12(19-3)8(7)2)5-14-16-13-15-10(17)6-20-13/h4-5,18H,6H2,1-3H3,(H,15,16,17). The second-order valence-corrected chi connectivity index (χ2v) is 5.24. The Bertz CT molecular complexity index is 611. The predicted molar refractivity (Wildman–Crippen MR) is 79.8 cm³/mol.